The highest BCUT2D eigenvalue weighted by atomic mass is 16.1. The summed E-state index contributed by atoms with van der Waals surface area (Å²) in [6, 6.07) is 7.22. The zero-order valence-corrected chi connectivity index (χ0v) is 10.1. The fourth-order valence-electron chi connectivity index (χ4n) is 1.86. The summed E-state index contributed by atoms with van der Waals surface area (Å²) >= 11 is 0. The highest BCUT2D eigenvalue weighted by molar-refractivity contribution is 5.97. The highest BCUT2D eigenvalue weighted by Crippen LogP contribution is 2.11. The van der Waals surface area contributed by atoms with Crippen molar-refractivity contribution >= 4 is 16.9 Å². The van der Waals surface area contributed by atoms with Crippen molar-refractivity contribution in [3.05, 3.63) is 60.2 Å². The van der Waals surface area contributed by atoms with Crippen molar-refractivity contribution in [2.45, 2.75) is 6.54 Å². The van der Waals surface area contributed by atoms with Crippen LogP contribution < -0.4 is 5.32 Å². The van der Waals surface area contributed by atoms with E-state index in [2.05, 4.69) is 20.3 Å². The summed E-state index contributed by atoms with van der Waals surface area (Å²) in [6.45, 7) is 0.501. The SMILES string of the molecule is O=C(NCc1cc[nH]c1)c1ccc2nccnc2c1. The first-order chi connectivity index (χ1) is 9.33. The molecule has 2 aromatic heterocycles. The Bertz CT molecular complexity index is 706. The van der Waals surface area contributed by atoms with Crippen molar-refractivity contribution in [2.24, 2.45) is 0 Å². The molecule has 0 atom stereocenters. The van der Waals surface area contributed by atoms with Gasteiger partial charge in [0, 0.05) is 36.9 Å². The van der Waals surface area contributed by atoms with Crippen LogP contribution in [-0.4, -0.2) is 20.9 Å². The molecule has 0 saturated heterocycles. The van der Waals surface area contributed by atoms with Gasteiger partial charge in [-0.15, -0.1) is 0 Å². The summed E-state index contributed by atoms with van der Waals surface area (Å²) in [4.78, 5) is 23.3. The van der Waals surface area contributed by atoms with Crippen LogP contribution in [0.25, 0.3) is 11.0 Å². The van der Waals surface area contributed by atoms with Gasteiger partial charge in [-0.3, -0.25) is 14.8 Å². The number of nitrogens with one attached hydrogen (secondary N) is 2. The second-order valence-corrected chi connectivity index (χ2v) is 4.16. The Labute approximate surface area is 109 Å². The number of fused-ring (bicyclic) bond motifs is 1. The molecular formula is C14H12N4O. The van der Waals surface area contributed by atoms with Gasteiger partial charge in [0.1, 0.15) is 0 Å². The number of carbonyl (C=O) groups excluding carboxylic acids is 1. The Hall–Kier alpha value is -2.69. The monoisotopic (exact) mass is 252 g/mol. The molecule has 0 fully saturated rings. The van der Waals surface area contributed by atoms with E-state index < -0.39 is 0 Å². The number of aromatic nitrogens is 3. The first-order valence-electron chi connectivity index (χ1n) is 5.93. The van der Waals surface area contributed by atoms with E-state index in [1.165, 1.54) is 0 Å². The highest BCUT2D eigenvalue weighted by Gasteiger charge is 2.07. The molecule has 1 amide bonds. The largest absolute Gasteiger partial charge is 0.367 e. The Morgan fingerprint density at radius 2 is 2.00 bits per heavy atom. The van der Waals surface area contributed by atoms with E-state index in [4.69, 9.17) is 0 Å². The number of carbonyl (C=O) groups is 1. The van der Waals surface area contributed by atoms with Gasteiger partial charge >= 0.3 is 0 Å². The van der Waals surface area contributed by atoms with Crippen LogP contribution in [0, 0.1) is 0 Å². The molecule has 0 unspecified atom stereocenters. The van der Waals surface area contributed by atoms with Gasteiger partial charge in [-0.05, 0) is 29.8 Å². The normalized spacial score (nSPS) is 10.5. The standard InChI is InChI=1S/C14H12N4O/c19-14(18-9-10-3-4-15-8-10)11-1-2-12-13(7-11)17-6-5-16-12/h1-8,15H,9H2,(H,18,19). The second kappa shape index (κ2) is 4.89. The number of rotatable bonds is 3. The number of benzene rings is 1. The molecule has 0 aliphatic heterocycles. The first-order valence-corrected chi connectivity index (χ1v) is 5.93. The molecule has 0 spiro atoms. The van der Waals surface area contributed by atoms with Crippen molar-refractivity contribution in [1.29, 1.82) is 0 Å². The fraction of sp³-hybridized carbons (Fsp3) is 0.0714. The van der Waals surface area contributed by atoms with Crippen LogP contribution in [0.4, 0.5) is 0 Å². The maximum atomic E-state index is 12.0. The van der Waals surface area contributed by atoms with Gasteiger partial charge in [0.05, 0.1) is 11.0 Å². The van der Waals surface area contributed by atoms with Crippen LogP contribution in [0.3, 0.4) is 0 Å². The Morgan fingerprint density at radius 1 is 1.16 bits per heavy atom. The molecule has 0 radical (unpaired) electrons. The Kier molecular flexibility index (Phi) is 2.94. The molecule has 5 nitrogen and oxygen atoms in total. The van der Waals surface area contributed by atoms with Gasteiger partial charge in [-0.25, -0.2) is 0 Å². The van der Waals surface area contributed by atoms with E-state index >= 15 is 0 Å². The van der Waals surface area contributed by atoms with E-state index in [-0.39, 0.29) is 5.91 Å². The van der Waals surface area contributed by atoms with Gasteiger partial charge in [0.15, 0.2) is 0 Å². The molecule has 2 heterocycles. The minimum Gasteiger partial charge on any atom is -0.367 e. The van der Waals surface area contributed by atoms with Gasteiger partial charge < -0.3 is 10.3 Å². The first kappa shape index (κ1) is 11.4. The molecule has 5 heteroatoms. The van der Waals surface area contributed by atoms with Crippen LogP contribution >= 0.6 is 0 Å². The number of nitrogens with zero attached hydrogens (tertiary/aromatic N) is 2. The lowest BCUT2D eigenvalue weighted by molar-refractivity contribution is 0.0951. The summed E-state index contributed by atoms with van der Waals surface area (Å²) in [5.41, 5.74) is 3.12. The smallest absolute Gasteiger partial charge is 0.251 e. The van der Waals surface area contributed by atoms with Gasteiger partial charge in [0.2, 0.25) is 0 Å². The molecule has 0 aliphatic rings. The molecule has 3 aromatic rings. The average Bonchev–Trinajstić information content (AvgIpc) is 2.97. The minimum absolute atomic E-state index is 0.117. The molecule has 1 aromatic carbocycles. The number of hydrogen-bond donors (Lipinski definition) is 2. The van der Waals surface area contributed by atoms with Crippen molar-refractivity contribution < 1.29 is 4.79 Å². The van der Waals surface area contributed by atoms with E-state index in [1.54, 1.807) is 30.6 Å². The Morgan fingerprint density at radius 3 is 2.79 bits per heavy atom. The molecule has 0 aliphatic carbocycles. The maximum Gasteiger partial charge on any atom is 0.251 e. The maximum absolute atomic E-state index is 12.0. The lowest BCUT2D eigenvalue weighted by atomic mass is 10.2. The summed E-state index contributed by atoms with van der Waals surface area (Å²) in [6.07, 6.45) is 6.93. The van der Waals surface area contributed by atoms with Crippen LogP contribution in [0.15, 0.2) is 49.1 Å². The third-order valence-electron chi connectivity index (χ3n) is 2.85. The Balaban J connectivity index is 1.77. The molecule has 3 rings (SSSR count). The minimum atomic E-state index is -0.117. The predicted molar refractivity (Wildman–Crippen MR) is 71.5 cm³/mol. The van der Waals surface area contributed by atoms with E-state index in [9.17, 15) is 4.79 Å². The van der Waals surface area contributed by atoms with Crippen molar-refractivity contribution in [3.8, 4) is 0 Å². The van der Waals surface area contributed by atoms with Crippen molar-refractivity contribution in [2.75, 3.05) is 0 Å². The third kappa shape index (κ3) is 2.44. The zero-order chi connectivity index (χ0) is 13.1. The van der Waals surface area contributed by atoms with Crippen molar-refractivity contribution in [1.82, 2.24) is 20.3 Å². The lowest BCUT2D eigenvalue weighted by Crippen LogP contribution is -2.22. The van der Waals surface area contributed by atoms with Crippen LogP contribution in [-0.2, 0) is 6.54 Å². The predicted octanol–water partition coefficient (Wildman–Crippen LogP) is 1.89. The third-order valence-corrected chi connectivity index (χ3v) is 2.85. The molecular weight excluding hydrogens is 240 g/mol. The number of amides is 1. The molecule has 2 N–H and O–H groups in total. The van der Waals surface area contributed by atoms with Crippen molar-refractivity contribution in [3.63, 3.8) is 0 Å². The molecule has 0 bridgehead atoms. The molecule has 19 heavy (non-hydrogen) atoms. The number of aromatic amines is 1. The fourth-order valence-corrected chi connectivity index (χ4v) is 1.86. The molecule has 0 saturated carbocycles. The summed E-state index contributed by atoms with van der Waals surface area (Å²) in [5.74, 6) is -0.117. The van der Waals surface area contributed by atoms with Gasteiger partial charge in [-0.2, -0.15) is 0 Å². The van der Waals surface area contributed by atoms with Crippen LogP contribution in [0.1, 0.15) is 15.9 Å². The van der Waals surface area contributed by atoms with Gasteiger partial charge in [0.25, 0.3) is 5.91 Å². The van der Waals surface area contributed by atoms with Gasteiger partial charge in [-0.1, -0.05) is 0 Å². The molecule has 94 valence electrons. The average molecular weight is 252 g/mol. The quantitative estimate of drug-likeness (QED) is 0.747. The topological polar surface area (TPSA) is 70.7 Å². The lowest BCUT2D eigenvalue weighted by Gasteiger charge is -2.04. The van der Waals surface area contributed by atoms with E-state index in [0.29, 0.717) is 12.1 Å². The van der Waals surface area contributed by atoms with Crippen LogP contribution in [0.2, 0.25) is 0 Å². The summed E-state index contributed by atoms with van der Waals surface area (Å²) in [7, 11) is 0. The number of hydrogen-bond acceptors (Lipinski definition) is 3. The van der Waals surface area contributed by atoms with Crippen LogP contribution in [0.5, 0.6) is 0 Å². The van der Waals surface area contributed by atoms with E-state index in [0.717, 1.165) is 16.6 Å². The summed E-state index contributed by atoms with van der Waals surface area (Å²) in [5, 5.41) is 2.86. The second-order valence-electron chi connectivity index (χ2n) is 4.16. The summed E-state index contributed by atoms with van der Waals surface area (Å²) < 4.78 is 0. The van der Waals surface area contributed by atoms with E-state index in [1.807, 2.05) is 18.5 Å². The zero-order valence-electron chi connectivity index (χ0n) is 10.1. The number of H-pyrrole nitrogens is 1.